The van der Waals surface area contributed by atoms with Gasteiger partial charge >= 0.3 is 0 Å². The van der Waals surface area contributed by atoms with Crippen LogP contribution in [0.25, 0.3) is 0 Å². The molecular weight excluding hydrogens is 172 g/mol. The molecule has 0 saturated carbocycles. The maximum absolute atomic E-state index is 3.56. The summed E-state index contributed by atoms with van der Waals surface area (Å²) in [5, 5.41) is 6.99. The van der Waals surface area contributed by atoms with Gasteiger partial charge in [-0.15, -0.1) is 0 Å². The molecule has 0 amide bonds. The van der Waals surface area contributed by atoms with Crippen molar-refractivity contribution in [1.82, 2.24) is 10.6 Å². The molecule has 2 N–H and O–H groups in total. The lowest BCUT2D eigenvalue weighted by Crippen LogP contribution is -2.41. The third kappa shape index (κ3) is 7.34. The standard InChI is InChI=1S/C12H28N2/c1-9(2)11(5)7-14-12(6)8-13-10(3)4/h9-14H,7-8H2,1-6H3. The van der Waals surface area contributed by atoms with Gasteiger partial charge in [0, 0.05) is 18.6 Å². The molecular formula is C12H28N2. The summed E-state index contributed by atoms with van der Waals surface area (Å²) in [5.74, 6) is 1.53. The van der Waals surface area contributed by atoms with Crippen LogP contribution in [0.2, 0.25) is 0 Å². The Balaban J connectivity index is 3.48. The Hall–Kier alpha value is -0.0800. The molecule has 0 aromatic heterocycles. The lowest BCUT2D eigenvalue weighted by Gasteiger charge is -2.21. The minimum absolute atomic E-state index is 0.568. The van der Waals surface area contributed by atoms with Gasteiger partial charge < -0.3 is 10.6 Å². The zero-order valence-corrected chi connectivity index (χ0v) is 10.7. The summed E-state index contributed by atoms with van der Waals surface area (Å²) in [6.45, 7) is 15.7. The number of hydrogen-bond acceptors (Lipinski definition) is 2. The first kappa shape index (κ1) is 13.9. The third-order valence-corrected chi connectivity index (χ3v) is 2.76. The molecule has 0 spiro atoms. The van der Waals surface area contributed by atoms with Crippen molar-refractivity contribution in [3.63, 3.8) is 0 Å². The molecule has 0 rings (SSSR count). The minimum atomic E-state index is 0.568. The van der Waals surface area contributed by atoms with Crippen molar-refractivity contribution in [3.8, 4) is 0 Å². The molecule has 2 heteroatoms. The van der Waals surface area contributed by atoms with E-state index in [-0.39, 0.29) is 0 Å². The Morgan fingerprint density at radius 1 is 0.786 bits per heavy atom. The van der Waals surface area contributed by atoms with E-state index in [0.29, 0.717) is 12.1 Å². The van der Waals surface area contributed by atoms with Gasteiger partial charge in [-0.05, 0) is 25.3 Å². The first-order chi connectivity index (χ1) is 6.43. The molecule has 0 aliphatic heterocycles. The van der Waals surface area contributed by atoms with Crippen LogP contribution in [0.15, 0.2) is 0 Å². The van der Waals surface area contributed by atoms with E-state index in [4.69, 9.17) is 0 Å². The van der Waals surface area contributed by atoms with Crippen LogP contribution in [0.1, 0.15) is 41.5 Å². The van der Waals surface area contributed by atoms with Crippen molar-refractivity contribution < 1.29 is 0 Å². The highest BCUT2D eigenvalue weighted by molar-refractivity contribution is 4.68. The maximum atomic E-state index is 3.56. The normalized spacial score (nSPS) is 16.3. The van der Waals surface area contributed by atoms with Gasteiger partial charge in [0.15, 0.2) is 0 Å². The fraction of sp³-hybridized carbons (Fsp3) is 1.00. The van der Waals surface area contributed by atoms with E-state index < -0.39 is 0 Å². The molecule has 2 nitrogen and oxygen atoms in total. The Morgan fingerprint density at radius 2 is 1.36 bits per heavy atom. The smallest absolute Gasteiger partial charge is 0.0164 e. The second-order valence-electron chi connectivity index (χ2n) is 5.09. The predicted molar refractivity (Wildman–Crippen MR) is 64.6 cm³/mol. The fourth-order valence-electron chi connectivity index (χ4n) is 1.11. The van der Waals surface area contributed by atoms with Crippen LogP contribution in [0.4, 0.5) is 0 Å². The van der Waals surface area contributed by atoms with Crippen LogP contribution in [0.3, 0.4) is 0 Å². The van der Waals surface area contributed by atoms with Gasteiger partial charge in [0.25, 0.3) is 0 Å². The van der Waals surface area contributed by atoms with Crippen LogP contribution in [-0.4, -0.2) is 25.2 Å². The van der Waals surface area contributed by atoms with Gasteiger partial charge in [0.2, 0.25) is 0 Å². The molecule has 2 atom stereocenters. The van der Waals surface area contributed by atoms with E-state index in [1.165, 1.54) is 0 Å². The maximum Gasteiger partial charge on any atom is 0.0164 e. The SMILES string of the molecule is CC(C)NCC(C)NCC(C)C(C)C. The highest BCUT2D eigenvalue weighted by atomic mass is 15.0. The van der Waals surface area contributed by atoms with Crippen LogP contribution in [-0.2, 0) is 0 Å². The summed E-state index contributed by atoms with van der Waals surface area (Å²) in [6.07, 6.45) is 0. The van der Waals surface area contributed by atoms with Crippen LogP contribution in [0, 0.1) is 11.8 Å². The number of nitrogens with one attached hydrogen (secondary N) is 2. The quantitative estimate of drug-likeness (QED) is 0.659. The molecule has 86 valence electrons. The summed E-state index contributed by atoms with van der Waals surface area (Å²) < 4.78 is 0. The first-order valence-corrected chi connectivity index (χ1v) is 5.90. The first-order valence-electron chi connectivity index (χ1n) is 5.90. The van der Waals surface area contributed by atoms with Crippen LogP contribution < -0.4 is 10.6 Å². The van der Waals surface area contributed by atoms with Gasteiger partial charge in [-0.3, -0.25) is 0 Å². The van der Waals surface area contributed by atoms with Crippen LogP contribution in [0.5, 0.6) is 0 Å². The second-order valence-corrected chi connectivity index (χ2v) is 5.09. The van der Waals surface area contributed by atoms with E-state index in [2.05, 4.69) is 52.2 Å². The molecule has 14 heavy (non-hydrogen) atoms. The van der Waals surface area contributed by atoms with Gasteiger partial charge in [-0.1, -0.05) is 34.6 Å². The summed E-state index contributed by atoms with van der Waals surface area (Å²) in [4.78, 5) is 0. The van der Waals surface area contributed by atoms with E-state index in [1.54, 1.807) is 0 Å². The lowest BCUT2D eigenvalue weighted by molar-refractivity contribution is 0.364. The average Bonchev–Trinajstić information content (AvgIpc) is 2.10. The molecule has 0 bridgehead atoms. The summed E-state index contributed by atoms with van der Waals surface area (Å²) in [7, 11) is 0. The van der Waals surface area contributed by atoms with Crippen molar-refractivity contribution >= 4 is 0 Å². The van der Waals surface area contributed by atoms with E-state index in [1.807, 2.05) is 0 Å². The molecule has 0 aliphatic carbocycles. The zero-order valence-electron chi connectivity index (χ0n) is 10.7. The largest absolute Gasteiger partial charge is 0.313 e. The third-order valence-electron chi connectivity index (χ3n) is 2.76. The molecule has 2 unspecified atom stereocenters. The average molecular weight is 200 g/mol. The molecule has 0 heterocycles. The van der Waals surface area contributed by atoms with E-state index in [0.717, 1.165) is 24.9 Å². The Morgan fingerprint density at radius 3 is 1.79 bits per heavy atom. The van der Waals surface area contributed by atoms with Crippen molar-refractivity contribution in [1.29, 1.82) is 0 Å². The van der Waals surface area contributed by atoms with E-state index >= 15 is 0 Å². The highest BCUT2D eigenvalue weighted by Crippen LogP contribution is 2.07. The van der Waals surface area contributed by atoms with Crippen molar-refractivity contribution in [2.75, 3.05) is 13.1 Å². The summed E-state index contributed by atoms with van der Waals surface area (Å²) in [5.41, 5.74) is 0. The van der Waals surface area contributed by atoms with Gasteiger partial charge in [0.1, 0.15) is 0 Å². The van der Waals surface area contributed by atoms with Gasteiger partial charge in [-0.25, -0.2) is 0 Å². The Labute approximate surface area is 89.9 Å². The van der Waals surface area contributed by atoms with Gasteiger partial charge in [-0.2, -0.15) is 0 Å². The molecule has 0 saturated heterocycles. The second kappa shape index (κ2) is 7.24. The predicted octanol–water partition coefficient (Wildman–Crippen LogP) is 2.25. The summed E-state index contributed by atoms with van der Waals surface area (Å²) >= 11 is 0. The molecule has 0 aromatic carbocycles. The van der Waals surface area contributed by atoms with Crippen molar-refractivity contribution in [2.24, 2.45) is 11.8 Å². The Kier molecular flexibility index (Phi) is 7.20. The molecule has 0 aromatic rings. The topological polar surface area (TPSA) is 24.1 Å². The highest BCUT2D eigenvalue weighted by Gasteiger charge is 2.08. The minimum Gasteiger partial charge on any atom is -0.313 e. The summed E-state index contributed by atoms with van der Waals surface area (Å²) in [6, 6.07) is 1.15. The van der Waals surface area contributed by atoms with Gasteiger partial charge in [0.05, 0.1) is 0 Å². The van der Waals surface area contributed by atoms with Crippen molar-refractivity contribution in [2.45, 2.75) is 53.6 Å². The Bertz CT molecular complexity index is 132. The monoisotopic (exact) mass is 200 g/mol. The number of hydrogen-bond donors (Lipinski definition) is 2. The fourth-order valence-corrected chi connectivity index (χ4v) is 1.11. The van der Waals surface area contributed by atoms with E-state index in [9.17, 15) is 0 Å². The molecule has 0 fully saturated rings. The van der Waals surface area contributed by atoms with Crippen LogP contribution >= 0.6 is 0 Å². The molecule has 0 radical (unpaired) electrons. The zero-order chi connectivity index (χ0) is 11.1. The molecule has 0 aliphatic rings. The van der Waals surface area contributed by atoms with Crippen molar-refractivity contribution in [3.05, 3.63) is 0 Å². The number of rotatable bonds is 7. The lowest BCUT2D eigenvalue weighted by atomic mass is 9.98.